The Morgan fingerprint density at radius 2 is 1.87 bits per heavy atom. The summed E-state index contributed by atoms with van der Waals surface area (Å²) in [5.74, 6) is 2.03. The lowest BCUT2D eigenvalue weighted by molar-refractivity contribution is 0.242. The van der Waals surface area contributed by atoms with E-state index in [1.807, 2.05) is 32.0 Å². The molecule has 0 aliphatic carbocycles. The Bertz CT molecular complexity index is 637. The molecular weight excluding hydrogens is 286 g/mol. The van der Waals surface area contributed by atoms with Gasteiger partial charge in [-0.2, -0.15) is 0 Å². The Morgan fingerprint density at radius 1 is 1.09 bits per heavy atom. The van der Waals surface area contributed by atoms with E-state index in [1.54, 1.807) is 7.11 Å². The van der Waals surface area contributed by atoms with Crippen molar-refractivity contribution in [3.8, 4) is 11.5 Å². The first kappa shape index (κ1) is 17.4. The molecule has 3 heteroatoms. The maximum Gasteiger partial charge on any atom is 0.122 e. The lowest BCUT2D eigenvalue weighted by atomic mass is 9.90. The zero-order valence-electron chi connectivity index (χ0n) is 14.5. The summed E-state index contributed by atoms with van der Waals surface area (Å²) in [5, 5.41) is 0. The van der Waals surface area contributed by atoms with E-state index in [-0.39, 0.29) is 12.0 Å². The fourth-order valence-electron chi connectivity index (χ4n) is 2.80. The lowest BCUT2D eigenvalue weighted by Gasteiger charge is -2.20. The summed E-state index contributed by atoms with van der Waals surface area (Å²) in [7, 11) is 1.71. The molecule has 124 valence electrons. The van der Waals surface area contributed by atoms with Crippen LogP contribution in [0.15, 0.2) is 42.5 Å². The van der Waals surface area contributed by atoms with E-state index in [0.29, 0.717) is 6.54 Å². The van der Waals surface area contributed by atoms with Crippen LogP contribution in [-0.4, -0.2) is 19.8 Å². The van der Waals surface area contributed by atoms with Gasteiger partial charge >= 0.3 is 0 Å². The van der Waals surface area contributed by atoms with Gasteiger partial charge in [-0.15, -0.1) is 0 Å². The first-order chi connectivity index (χ1) is 11.0. The smallest absolute Gasteiger partial charge is 0.122 e. The third-order valence-corrected chi connectivity index (χ3v) is 3.86. The summed E-state index contributed by atoms with van der Waals surface area (Å²) >= 11 is 0. The Morgan fingerprint density at radius 3 is 2.52 bits per heavy atom. The molecule has 2 aromatic rings. The van der Waals surface area contributed by atoms with Crippen LogP contribution in [0.5, 0.6) is 11.5 Å². The first-order valence-electron chi connectivity index (χ1n) is 8.13. The molecular formula is C20H27NO2. The topological polar surface area (TPSA) is 44.5 Å². The second kappa shape index (κ2) is 8.02. The Hall–Kier alpha value is -2.00. The normalized spacial score (nSPS) is 12.3. The highest BCUT2D eigenvalue weighted by Gasteiger charge is 2.16. The van der Waals surface area contributed by atoms with Gasteiger partial charge in [-0.3, -0.25) is 0 Å². The van der Waals surface area contributed by atoms with Gasteiger partial charge in [0.15, 0.2) is 0 Å². The molecule has 0 heterocycles. The molecule has 23 heavy (non-hydrogen) atoms. The summed E-state index contributed by atoms with van der Waals surface area (Å²) in [6, 6.07) is 14.5. The van der Waals surface area contributed by atoms with Gasteiger partial charge in [-0.1, -0.05) is 29.8 Å². The quantitative estimate of drug-likeness (QED) is 0.838. The molecule has 1 atom stereocenters. The van der Waals surface area contributed by atoms with E-state index in [0.717, 1.165) is 17.9 Å². The summed E-state index contributed by atoms with van der Waals surface area (Å²) in [4.78, 5) is 0. The van der Waals surface area contributed by atoms with E-state index in [4.69, 9.17) is 15.2 Å². The van der Waals surface area contributed by atoms with Crippen LogP contribution in [-0.2, 0) is 6.42 Å². The van der Waals surface area contributed by atoms with Crippen molar-refractivity contribution in [1.82, 2.24) is 0 Å². The molecule has 0 bridgehead atoms. The van der Waals surface area contributed by atoms with Gasteiger partial charge < -0.3 is 15.2 Å². The molecule has 0 saturated carbocycles. The van der Waals surface area contributed by atoms with Gasteiger partial charge in [0.25, 0.3) is 0 Å². The van der Waals surface area contributed by atoms with Gasteiger partial charge in [-0.05, 0) is 63.1 Å². The molecule has 0 aliphatic rings. The van der Waals surface area contributed by atoms with E-state index >= 15 is 0 Å². The third-order valence-electron chi connectivity index (χ3n) is 3.86. The molecule has 0 aromatic heterocycles. The van der Waals surface area contributed by atoms with E-state index in [2.05, 4.69) is 31.2 Å². The minimum absolute atomic E-state index is 0.174. The third kappa shape index (κ3) is 4.73. The molecule has 1 unspecified atom stereocenters. The molecule has 0 radical (unpaired) electrons. The Labute approximate surface area is 139 Å². The highest BCUT2D eigenvalue weighted by atomic mass is 16.5. The minimum Gasteiger partial charge on any atom is -0.496 e. The van der Waals surface area contributed by atoms with Crippen LogP contribution in [0.3, 0.4) is 0 Å². The van der Waals surface area contributed by atoms with Crippen molar-refractivity contribution in [1.29, 1.82) is 0 Å². The molecule has 0 aliphatic heterocycles. The molecule has 0 saturated heterocycles. The molecule has 3 nitrogen and oxygen atoms in total. The zero-order valence-corrected chi connectivity index (χ0v) is 14.5. The second-order valence-corrected chi connectivity index (χ2v) is 6.20. The van der Waals surface area contributed by atoms with Crippen molar-refractivity contribution in [2.75, 3.05) is 13.7 Å². The van der Waals surface area contributed by atoms with Crippen LogP contribution < -0.4 is 15.2 Å². The summed E-state index contributed by atoms with van der Waals surface area (Å²) < 4.78 is 11.3. The largest absolute Gasteiger partial charge is 0.496 e. The molecule has 2 aromatic carbocycles. The van der Waals surface area contributed by atoms with Crippen LogP contribution in [0.1, 0.15) is 36.5 Å². The maximum absolute atomic E-state index is 6.06. The number of benzene rings is 2. The number of hydrogen-bond acceptors (Lipinski definition) is 3. The SMILES string of the molecule is COc1ccc(C)cc1C(CN)Cc1cccc(OC(C)C)c1. The monoisotopic (exact) mass is 313 g/mol. The molecule has 2 rings (SSSR count). The van der Waals surface area contributed by atoms with Crippen molar-refractivity contribution >= 4 is 0 Å². The molecule has 2 N–H and O–H groups in total. The van der Waals surface area contributed by atoms with Crippen LogP contribution in [0.25, 0.3) is 0 Å². The van der Waals surface area contributed by atoms with E-state index in [1.165, 1.54) is 16.7 Å². The highest BCUT2D eigenvalue weighted by Crippen LogP contribution is 2.30. The summed E-state index contributed by atoms with van der Waals surface area (Å²) in [5.41, 5.74) is 9.67. The molecule has 0 amide bonds. The van der Waals surface area contributed by atoms with Crippen LogP contribution in [0, 0.1) is 6.92 Å². The van der Waals surface area contributed by atoms with E-state index in [9.17, 15) is 0 Å². The van der Waals surface area contributed by atoms with Gasteiger partial charge in [-0.25, -0.2) is 0 Å². The number of aryl methyl sites for hydroxylation is 1. The van der Waals surface area contributed by atoms with Gasteiger partial charge in [0, 0.05) is 5.92 Å². The lowest BCUT2D eigenvalue weighted by Crippen LogP contribution is -2.16. The minimum atomic E-state index is 0.174. The van der Waals surface area contributed by atoms with Crippen LogP contribution >= 0.6 is 0 Å². The van der Waals surface area contributed by atoms with Crippen molar-refractivity contribution in [3.05, 3.63) is 59.2 Å². The first-order valence-corrected chi connectivity index (χ1v) is 8.13. The predicted molar refractivity (Wildman–Crippen MR) is 95.4 cm³/mol. The van der Waals surface area contributed by atoms with Crippen molar-refractivity contribution in [2.45, 2.75) is 39.2 Å². The zero-order chi connectivity index (χ0) is 16.8. The fraction of sp³-hybridized carbons (Fsp3) is 0.400. The molecule has 0 fully saturated rings. The average Bonchev–Trinajstić information content (AvgIpc) is 2.52. The van der Waals surface area contributed by atoms with Crippen LogP contribution in [0.4, 0.5) is 0 Å². The van der Waals surface area contributed by atoms with Crippen LogP contribution in [0.2, 0.25) is 0 Å². The number of methoxy groups -OCH3 is 1. The highest BCUT2D eigenvalue weighted by molar-refractivity contribution is 5.41. The van der Waals surface area contributed by atoms with Crippen molar-refractivity contribution in [3.63, 3.8) is 0 Å². The van der Waals surface area contributed by atoms with Gasteiger partial charge in [0.2, 0.25) is 0 Å². The van der Waals surface area contributed by atoms with Gasteiger partial charge in [0.05, 0.1) is 13.2 Å². The van der Waals surface area contributed by atoms with Crippen molar-refractivity contribution in [2.24, 2.45) is 5.73 Å². The number of ether oxygens (including phenoxy) is 2. The average molecular weight is 313 g/mol. The number of nitrogens with two attached hydrogens (primary N) is 1. The number of hydrogen-bond donors (Lipinski definition) is 1. The maximum atomic E-state index is 6.06. The standard InChI is InChI=1S/C20H27NO2/c1-14(2)23-18-7-5-6-16(12-18)11-17(13-21)19-10-15(3)8-9-20(19)22-4/h5-10,12,14,17H,11,13,21H2,1-4H3. The van der Waals surface area contributed by atoms with Crippen molar-refractivity contribution < 1.29 is 9.47 Å². The predicted octanol–water partition coefficient (Wildman–Crippen LogP) is 4.08. The summed E-state index contributed by atoms with van der Waals surface area (Å²) in [6.45, 7) is 6.74. The van der Waals surface area contributed by atoms with E-state index < -0.39 is 0 Å². The number of rotatable bonds is 7. The summed E-state index contributed by atoms with van der Waals surface area (Å²) in [6.07, 6.45) is 1.04. The van der Waals surface area contributed by atoms with Gasteiger partial charge in [0.1, 0.15) is 11.5 Å². The molecule has 0 spiro atoms. The Kier molecular flexibility index (Phi) is 6.05. The Balaban J connectivity index is 2.24. The fourth-order valence-corrected chi connectivity index (χ4v) is 2.80. The second-order valence-electron chi connectivity index (χ2n) is 6.20.